The molecule has 3 rings (SSSR count). The van der Waals surface area contributed by atoms with Crippen molar-refractivity contribution in [2.45, 2.75) is 0 Å². The van der Waals surface area contributed by atoms with Crippen LogP contribution in [0.15, 0.2) is 66.7 Å². The highest BCUT2D eigenvalue weighted by molar-refractivity contribution is 5.54. The van der Waals surface area contributed by atoms with Crippen LogP contribution in [-0.4, -0.2) is 21.8 Å². The lowest BCUT2D eigenvalue weighted by atomic mass is 10.2. The van der Waals surface area contributed by atoms with Crippen molar-refractivity contribution in [3.8, 4) is 17.4 Å². The van der Waals surface area contributed by atoms with Crippen molar-refractivity contribution in [3.05, 3.63) is 72.3 Å². The van der Waals surface area contributed by atoms with Crippen LogP contribution >= 0.6 is 0 Å². The van der Waals surface area contributed by atoms with Crippen molar-refractivity contribution in [2.75, 3.05) is 6.61 Å². The van der Waals surface area contributed by atoms with Gasteiger partial charge in [-0.05, 0) is 11.6 Å². The molecule has 1 heterocycles. The highest BCUT2D eigenvalue weighted by Gasteiger charge is 2.04. The molecule has 0 saturated heterocycles. The van der Waals surface area contributed by atoms with Gasteiger partial charge in [0.1, 0.15) is 6.61 Å². The maximum Gasteiger partial charge on any atom is 0.336 e. The summed E-state index contributed by atoms with van der Waals surface area (Å²) >= 11 is 0. The van der Waals surface area contributed by atoms with E-state index in [-0.39, 0.29) is 0 Å². The van der Waals surface area contributed by atoms with Gasteiger partial charge in [-0.15, -0.1) is 5.10 Å². The molecule has 1 aromatic heterocycles. The van der Waals surface area contributed by atoms with Crippen molar-refractivity contribution in [1.29, 1.82) is 0 Å². The van der Waals surface area contributed by atoms with E-state index in [2.05, 4.69) is 15.2 Å². The van der Waals surface area contributed by atoms with Crippen LogP contribution in [-0.2, 0) is 0 Å². The van der Waals surface area contributed by atoms with Gasteiger partial charge >= 0.3 is 6.01 Å². The molecule has 4 heteroatoms. The van der Waals surface area contributed by atoms with Crippen LogP contribution in [0, 0.1) is 0 Å². The first-order chi connectivity index (χ1) is 10.4. The molecule has 0 aliphatic rings. The molecule has 0 atom stereocenters. The summed E-state index contributed by atoms with van der Waals surface area (Å²) in [5.41, 5.74) is 2.13. The molecule has 0 saturated carbocycles. The smallest absolute Gasteiger partial charge is 0.336 e. The van der Waals surface area contributed by atoms with Gasteiger partial charge in [0, 0.05) is 5.56 Å². The van der Waals surface area contributed by atoms with Gasteiger partial charge in [-0.3, -0.25) is 5.10 Å². The van der Waals surface area contributed by atoms with E-state index < -0.39 is 0 Å². The van der Waals surface area contributed by atoms with Crippen molar-refractivity contribution < 1.29 is 4.74 Å². The SMILES string of the molecule is C(=C\c1ccccc1)/COc1n[nH]c(-c2ccccc2)n1. The summed E-state index contributed by atoms with van der Waals surface area (Å²) in [6.07, 6.45) is 3.94. The molecule has 0 spiro atoms. The van der Waals surface area contributed by atoms with E-state index >= 15 is 0 Å². The molecule has 0 aliphatic carbocycles. The van der Waals surface area contributed by atoms with Crippen molar-refractivity contribution in [3.63, 3.8) is 0 Å². The average molecular weight is 277 g/mol. The Morgan fingerprint density at radius 1 is 0.952 bits per heavy atom. The van der Waals surface area contributed by atoms with Crippen molar-refractivity contribution in [2.24, 2.45) is 0 Å². The zero-order valence-electron chi connectivity index (χ0n) is 11.4. The van der Waals surface area contributed by atoms with Crippen LogP contribution in [0.1, 0.15) is 5.56 Å². The number of nitrogens with zero attached hydrogens (tertiary/aromatic N) is 2. The molecule has 0 unspecified atom stereocenters. The number of aromatic amines is 1. The summed E-state index contributed by atoms with van der Waals surface area (Å²) in [6, 6.07) is 20.3. The second-order valence-electron chi connectivity index (χ2n) is 4.46. The first kappa shape index (κ1) is 13.1. The molecule has 0 amide bonds. The number of ether oxygens (including phenoxy) is 1. The number of H-pyrrole nitrogens is 1. The minimum atomic E-state index is 0.353. The Balaban J connectivity index is 1.57. The topological polar surface area (TPSA) is 50.8 Å². The van der Waals surface area contributed by atoms with Crippen LogP contribution in [0.5, 0.6) is 6.01 Å². The van der Waals surface area contributed by atoms with Gasteiger partial charge in [0.25, 0.3) is 0 Å². The lowest BCUT2D eigenvalue weighted by Crippen LogP contribution is -1.94. The Hall–Kier alpha value is -2.88. The van der Waals surface area contributed by atoms with Gasteiger partial charge in [0.2, 0.25) is 0 Å². The summed E-state index contributed by atoms with van der Waals surface area (Å²) in [6.45, 7) is 0.432. The van der Waals surface area contributed by atoms with Crippen LogP contribution in [0.25, 0.3) is 17.5 Å². The Labute approximate surface area is 123 Å². The minimum Gasteiger partial charge on any atom is -0.458 e. The van der Waals surface area contributed by atoms with Crippen LogP contribution in [0.3, 0.4) is 0 Å². The van der Waals surface area contributed by atoms with E-state index in [4.69, 9.17) is 4.74 Å². The van der Waals surface area contributed by atoms with Gasteiger partial charge in [0.15, 0.2) is 5.82 Å². The van der Waals surface area contributed by atoms with Crippen LogP contribution in [0.4, 0.5) is 0 Å². The third-order valence-corrected chi connectivity index (χ3v) is 2.93. The van der Waals surface area contributed by atoms with E-state index in [0.717, 1.165) is 11.1 Å². The molecule has 0 bridgehead atoms. The van der Waals surface area contributed by atoms with E-state index in [0.29, 0.717) is 18.4 Å². The molecule has 104 valence electrons. The molecule has 0 aliphatic heterocycles. The fourth-order valence-electron chi connectivity index (χ4n) is 1.91. The molecule has 0 radical (unpaired) electrons. The summed E-state index contributed by atoms with van der Waals surface area (Å²) in [7, 11) is 0. The average Bonchev–Trinajstić information content (AvgIpc) is 3.02. The molecule has 2 aromatic carbocycles. The highest BCUT2D eigenvalue weighted by atomic mass is 16.5. The van der Waals surface area contributed by atoms with E-state index in [1.165, 1.54) is 0 Å². The summed E-state index contributed by atoms with van der Waals surface area (Å²) in [4.78, 5) is 4.30. The van der Waals surface area contributed by atoms with Gasteiger partial charge in [-0.1, -0.05) is 66.7 Å². The number of hydrogen-bond donors (Lipinski definition) is 1. The van der Waals surface area contributed by atoms with Crippen LogP contribution in [0.2, 0.25) is 0 Å². The number of aromatic nitrogens is 3. The van der Waals surface area contributed by atoms with Gasteiger partial charge in [0.05, 0.1) is 0 Å². The van der Waals surface area contributed by atoms with Gasteiger partial charge in [-0.25, -0.2) is 0 Å². The van der Waals surface area contributed by atoms with Crippen molar-refractivity contribution >= 4 is 6.08 Å². The molecule has 3 aromatic rings. The first-order valence-electron chi connectivity index (χ1n) is 6.74. The Bertz CT molecular complexity index is 705. The van der Waals surface area contributed by atoms with E-state index in [9.17, 15) is 0 Å². The van der Waals surface area contributed by atoms with Gasteiger partial charge < -0.3 is 4.74 Å². The molecule has 21 heavy (non-hydrogen) atoms. The van der Waals surface area contributed by atoms with Crippen molar-refractivity contribution in [1.82, 2.24) is 15.2 Å². The summed E-state index contributed by atoms with van der Waals surface area (Å²) in [5.74, 6) is 0.706. The Kier molecular flexibility index (Phi) is 4.07. The number of benzene rings is 2. The van der Waals surface area contributed by atoms with Crippen LogP contribution < -0.4 is 4.74 Å². The first-order valence-corrected chi connectivity index (χ1v) is 6.74. The highest BCUT2D eigenvalue weighted by Crippen LogP contribution is 2.15. The molecule has 4 nitrogen and oxygen atoms in total. The maximum absolute atomic E-state index is 5.49. The lowest BCUT2D eigenvalue weighted by molar-refractivity contribution is 0.335. The normalized spacial score (nSPS) is 10.9. The monoisotopic (exact) mass is 277 g/mol. The zero-order valence-corrected chi connectivity index (χ0v) is 11.4. The second kappa shape index (κ2) is 6.52. The third-order valence-electron chi connectivity index (χ3n) is 2.93. The second-order valence-corrected chi connectivity index (χ2v) is 4.46. The largest absolute Gasteiger partial charge is 0.458 e. The van der Waals surface area contributed by atoms with Gasteiger partial charge in [-0.2, -0.15) is 4.98 Å². The molecule has 1 N–H and O–H groups in total. The summed E-state index contributed by atoms with van der Waals surface area (Å²) < 4.78 is 5.49. The quantitative estimate of drug-likeness (QED) is 0.775. The molecular weight excluding hydrogens is 262 g/mol. The third kappa shape index (κ3) is 3.57. The Morgan fingerprint density at radius 3 is 2.43 bits per heavy atom. The fourth-order valence-corrected chi connectivity index (χ4v) is 1.91. The summed E-state index contributed by atoms with van der Waals surface area (Å²) in [5, 5.41) is 6.92. The van der Waals surface area contributed by atoms with E-state index in [1.54, 1.807) is 0 Å². The van der Waals surface area contributed by atoms with E-state index in [1.807, 2.05) is 72.8 Å². The number of rotatable bonds is 5. The zero-order chi connectivity index (χ0) is 14.3. The minimum absolute atomic E-state index is 0.353. The predicted molar refractivity (Wildman–Crippen MR) is 82.8 cm³/mol. The fraction of sp³-hybridized carbons (Fsp3) is 0.0588. The number of nitrogens with one attached hydrogen (secondary N) is 1. The molecule has 0 fully saturated rings. The Morgan fingerprint density at radius 2 is 1.67 bits per heavy atom. The lowest BCUT2D eigenvalue weighted by Gasteiger charge is -1.96. The maximum atomic E-state index is 5.49. The predicted octanol–water partition coefficient (Wildman–Crippen LogP) is 3.56. The number of hydrogen-bond acceptors (Lipinski definition) is 3. The standard InChI is InChI=1S/C17H15N3O/c1-3-8-14(9-4-1)10-7-13-21-17-18-16(19-20-17)15-11-5-2-6-12-15/h1-12H,13H2,(H,18,19,20)/b10-7+. The molecular formula is C17H15N3O.